The van der Waals surface area contributed by atoms with Crippen molar-refractivity contribution in [2.24, 2.45) is 5.89 Å². The maximum Gasteiger partial charge on any atom is 0.0303 e. The van der Waals surface area contributed by atoms with Gasteiger partial charge in [-0.15, -0.1) is 0 Å². The topological polar surface area (TPSA) is 0 Å². The molecular weight excluding hydrogens is 300 g/mol. The van der Waals surface area contributed by atoms with Gasteiger partial charge in [0, 0.05) is 1.37 Å². The Labute approximate surface area is 163 Å². The van der Waals surface area contributed by atoms with Gasteiger partial charge in [0.05, 0.1) is 0 Å². The molecule has 0 fully saturated rings. The molecule has 0 aromatic rings. The highest BCUT2D eigenvalue weighted by atomic mass is 14.1. The van der Waals surface area contributed by atoms with Crippen LogP contribution in [0, 0.1) is 5.89 Å². The molecule has 0 heterocycles. The third kappa shape index (κ3) is 20.2. The molecular formula is C25H52. The molecule has 0 rings (SSSR count). The van der Waals surface area contributed by atoms with Crippen LogP contribution in [0.4, 0.5) is 0 Å². The Balaban J connectivity index is 4.02. The average molecular weight is 354 g/mol. The fraction of sp³-hybridized carbons (Fsp3) is 1.00. The lowest BCUT2D eigenvalue weighted by atomic mass is 9.89. The summed E-state index contributed by atoms with van der Waals surface area (Å²) in [7, 11) is 0. The van der Waals surface area contributed by atoms with Crippen LogP contribution in [0.2, 0.25) is 0 Å². The molecule has 0 N–H and O–H groups in total. The van der Waals surface area contributed by atoms with Gasteiger partial charge in [0.1, 0.15) is 0 Å². The van der Waals surface area contributed by atoms with E-state index in [0.29, 0.717) is 0 Å². The summed E-state index contributed by atoms with van der Waals surface area (Å²) in [6.45, 7) is 6.86. The number of hydrogen-bond donors (Lipinski definition) is 0. The molecule has 0 aromatic carbocycles. The van der Waals surface area contributed by atoms with Crippen molar-refractivity contribution >= 4 is 0 Å². The molecule has 0 atom stereocenters. The minimum atomic E-state index is -0.111. The highest BCUT2D eigenvalue weighted by molar-refractivity contribution is 4.62. The van der Waals surface area contributed by atoms with E-state index in [1.807, 2.05) is 0 Å². The summed E-state index contributed by atoms with van der Waals surface area (Å²) in [6, 6.07) is 0. The van der Waals surface area contributed by atoms with Crippen LogP contribution in [-0.4, -0.2) is 0 Å². The molecule has 25 heavy (non-hydrogen) atoms. The van der Waals surface area contributed by atoms with E-state index in [2.05, 4.69) is 20.8 Å². The van der Waals surface area contributed by atoms with Gasteiger partial charge in [-0.25, -0.2) is 0 Å². The third-order valence-corrected chi connectivity index (χ3v) is 5.65. The van der Waals surface area contributed by atoms with Crippen LogP contribution in [-0.2, 0) is 0 Å². The zero-order valence-electron chi connectivity index (χ0n) is 19.3. The largest absolute Gasteiger partial charge is 0.0654 e. The van der Waals surface area contributed by atoms with Gasteiger partial charge in [-0.3, -0.25) is 0 Å². The molecule has 0 nitrogen and oxygen atoms in total. The van der Waals surface area contributed by atoms with Crippen LogP contribution in [0.25, 0.3) is 0 Å². The first-order chi connectivity index (χ1) is 12.7. The van der Waals surface area contributed by atoms with Crippen molar-refractivity contribution in [1.82, 2.24) is 0 Å². The third-order valence-electron chi connectivity index (χ3n) is 5.65. The smallest absolute Gasteiger partial charge is 0.0303 e. The monoisotopic (exact) mass is 353 g/mol. The standard InChI is InChI=1S/C25H52/c1-4-7-10-13-16-19-22-25(23-20-17-14-11-8-5-2)24-21-18-15-12-9-6-3/h25H,4-24H2,1-3H3/i25D. The molecule has 0 unspecified atom stereocenters. The summed E-state index contributed by atoms with van der Waals surface area (Å²) in [5.41, 5.74) is 0. The quantitative estimate of drug-likeness (QED) is 0.180. The minimum Gasteiger partial charge on any atom is -0.0654 e. The van der Waals surface area contributed by atoms with E-state index < -0.39 is 0 Å². The fourth-order valence-corrected chi connectivity index (χ4v) is 3.84. The number of rotatable bonds is 21. The first-order valence-electron chi connectivity index (χ1n) is 12.7. The summed E-state index contributed by atoms with van der Waals surface area (Å²) in [6.07, 6.45) is 27.9. The maximum absolute atomic E-state index is 9.07. The Morgan fingerprint density at radius 2 is 0.640 bits per heavy atom. The zero-order valence-corrected chi connectivity index (χ0v) is 18.3. The van der Waals surface area contributed by atoms with E-state index in [0.717, 1.165) is 19.3 Å². The molecule has 0 spiro atoms. The van der Waals surface area contributed by atoms with Gasteiger partial charge in [-0.1, -0.05) is 156 Å². The van der Waals surface area contributed by atoms with Gasteiger partial charge in [0.2, 0.25) is 0 Å². The molecule has 0 aromatic heterocycles. The Hall–Kier alpha value is 0. The van der Waals surface area contributed by atoms with Crippen LogP contribution in [0.15, 0.2) is 0 Å². The Kier molecular flexibility index (Phi) is 20.3. The summed E-state index contributed by atoms with van der Waals surface area (Å²) in [5.74, 6) is -0.111. The first-order valence-corrected chi connectivity index (χ1v) is 12.2. The average Bonchev–Trinajstić information content (AvgIpc) is 2.64. The van der Waals surface area contributed by atoms with Gasteiger partial charge >= 0.3 is 0 Å². The lowest BCUT2D eigenvalue weighted by Gasteiger charge is -2.17. The van der Waals surface area contributed by atoms with E-state index in [-0.39, 0.29) is 5.89 Å². The second kappa shape index (κ2) is 22.0. The Morgan fingerprint density at radius 1 is 0.400 bits per heavy atom. The molecule has 0 radical (unpaired) electrons. The van der Waals surface area contributed by atoms with Crippen LogP contribution in [0.3, 0.4) is 0 Å². The lowest BCUT2D eigenvalue weighted by molar-refractivity contribution is 0.365. The van der Waals surface area contributed by atoms with Crippen LogP contribution < -0.4 is 0 Å². The first kappa shape index (κ1) is 23.0. The summed E-state index contributed by atoms with van der Waals surface area (Å²) in [5, 5.41) is 0. The molecule has 0 saturated heterocycles. The lowest BCUT2D eigenvalue weighted by Crippen LogP contribution is -2.01. The van der Waals surface area contributed by atoms with E-state index >= 15 is 0 Å². The number of unbranched alkanes of at least 4 members (excludes halogenated alkanes) is 15. The molecule has 152 valence electrons. The molecule has 0 amide bonds. The normalized spacial score (nSPS) is 12.5. The fourth-order valence-electron chi connectivity index (χ4n) is 3.84. The molecule has 0 bridgehead atoms. The van der Waals surface area contributed by atoms with Crippen LogP contribution >= 0.6 is 0 Å². The Bertz CT molecular complexity index is 220. The highest BCUT2D eigenvalue weighted by Gasteiger charge is 2.08. The van der Waals surface area contributed by atoms with Crippen molar-refractivity contribution in [2.75, 3.05) is 0 Å². The molecule has 0 saturated carbocycles. The van der Waals surface area contributed by atoms with E-state index in [1.165, 1.54) is 116 Å². The second-order valence-electron chi connectivity index (χ2n) is 8.30. The van der Waals surface area contributed by atoms with Gasteiger partial charge in [-0.2, -0.15) is 0 Å². The van der Waals surface area contributed by atoms with Crippen molar-refractivity contribution in [3.8, 4) is 0 Å². The predicted molar refractivity (Wildman–Crippen MR) is 117 cm³/mol. The van der Waals surface area contributed by atoms with Gasteiger partial charge in [0.15, 0.2) is 0 Å². The SMILES string of the molecule is [2H]C(CCCCCCCC)(CCCCCCCC)CCCCCCCC. The van der Waals surface area contributed by atoms with Crippen molar-refractivity contribution < 1.29 is 1.37 Å². The second-order valence-corrected chi connectivity index (χ2v) is 8.30. The maximum atomic E-state index is 9.07. The molecule has 0 aliphatic heterocycles. The van der Waals surface area contributed by atoms with Gasteiger partial charge in [-0.05, 0) is 5.89 Å². The van der Waals surface area contributed by atoms with Crippen LogP contribution in [0.5, 0.6) is 0 Å². The van der Waals surface area contributed by atoms with E-state index in [4.69, 9.17) is 1.37 Å². The van der Waals surface area contributed by atoms with Gasteiger partial charge in [0.25, 0.3) is 0 Å². The van der Waals surface area contributed by atoms with Gasteiger partial charge < -0.3 is 0 Å². The summed E-state index contributed by atoms with van der Waals surface area (Å²) < 4.78 is 9.07. The van der Waals surface area contributed by atoms with Crippen molar-refractivity contribution in [1.29, 1.82) is 0 Å². The highest BCUT2D eigenvalue weighted by Crippen LogP contribution is 2.24. The van der Waals surface area contributed by atoms with Crippen molar-refractivity contribution in [3.05, 3.63) is 0 Å². The van der Waals surface area contributed by atoms with E-state index in [1.54, 1.807) is 0 Å². The molecule has 0 aliphatic carbocycles. The number of hydrogen-bond acceptors (Lipinski definition) is 0. The molecule has 0 heteroatoms. The van der Waals surface area contributed by atoms with Crippen molar-refractivity contribution in [3.63, 3.8) is 0 Å². The predicted octanol–water partition coefficient (Wildman–Crippen LogP) is 9.85. The Morgan fingerprint density at radius 3 is 0.920 bits per heavy atom. The van der Waals surface area contributed by atoms with Crippen LogP contribution in [0.1, 0.15) is 157 Å². The van der Waals surface area contributed by atoms with E-state index in [9.17, 15) is 0 Å². The van der Waals surface area contributed by atoms with Crippen molar-refractivity contribution in [2.45, 2.75) is 156 Å². The summed E-state index contributed by atoms with van der Waals surface area (Å²) in [4.78, 5) is 0. The minimum absolute atomic E-state index is 0.111. The zero-order chi connectivity index (χ0) is 19.3. The summed E-state index contributed by atoms with van der Waals surface area (Å²) >= 11 is 0. The molecule has 0 aliphatic rings.